The standard InChI is InChI=1S/C22H22N6O2/c1-15(9-10-30-18-5-3-2-4-6-18)26-22(29)28-21-8-7-19-20(27-21)11-16(12-23-19)17-13-24-25-14-17/h2-8,11-15H,9-10H2,1H3,(H,24,25)(H2,26,27,28,29)/t15-/m1/s1. The number of para-hydroxylation sites is 1. The summed E-state index contributed by atoms with van der Waals surface area (Å²) >= 11 is 0. The zero-order valence-electron chi connectivity index (χ0n) is 16.5. The van der Waals surface area contributed by atoms with E-state index in [-0.39, 0.29) is 12.1 Å². The van der Waals surface area contributed by atoms with Gasteiger partial charge >= 0.3 is 6.03 Å². The molecule has 0 bridgehead atoms. The van der Waals surface area contributed by atoms with E-state index in [1.54, 1.807) is 24.7 Å². The fraction of sp³-hybridized carbons (Fsp3) is 0.182. The van der Waals surface area contributed by atoms with Gasteiger partial charge in [-0.25, -0.2) is 9.78 Å². The number of urea groups is 1. The highest BCUT2D eigenvalue weighted by Crippen LogP contribution is 2.21. The molecule has 8 nitrogen and oxygen atoms in total. The van der Waals surface area contributed by atoms with Gasteiger partial charge in [-0.3, -0.25) is 15.4 Å². The number of hydrogen-bond acceptors (Lipinski definition) is 5. The fourth-order valence-corrected chi connectivity index (χ4v) is 2.96. The van der Waals surface area contributed by atoms with Crippen molar-refractivity contribution in [3.8, 4) is 16.9 Å². The molecule has 3 N–H and O–H groups in total. The van der Waals surface area contributed by atoms with Crippen molar-refractivity contribution in [2.45, 2.75) is 19.4 Å². The van der Waals surface area contributed by atoms with Crippen LogP contribution in [-0.2, 0) is 0 Å². The van der Waals surface area contributed by atoms with Gasteiger partial charge < -0.3 is 10.1 Å². The lowest BCUT2D eigenvalue weighted by molar-refractivity contribution is 0.244. The van der Waals surface area contributed by atoms with Gasteiger partial charge in [0, 0.05) is 36.0 Å². The summed E-state index contributed by atoms with van der Waals surface area (Å²) in [6, 6.07) is 14.7. The molecule has 0 radical (unpaired) electrons. The molecule has 3 aromatic heterocycles. The Balaban J connectivity index is 1.33. The van der Waals surface area contributed by atoms with Crippen molar-refractivity contribution in [2.75, 3.05) is 11.9 Å². The number of nitrogens with one attached hydrogen (secondary N) is 3. The van der Waals surface area contributed by atoms with E-state index in [1.165, 1.54) is 0 Å². The highest BCUT2D eigenvalue weighted by Gasteiger charge is 2.10. The van der Waals surface area contributed by atoms with Crippen molar-refractivity contribution < 1.29 is 9.53 Å². The lowest BCUT2D eigenvalue weighted by atomic mass is 10.1. The number of nitrogens with zero attached hydrogens (tertiary/aromatic N) is 3. The second-order valence-electron chi connectivity index (χ2n) is 6.90. The molecule has 0 saturated carbocycles. The number of pyridine rings is 2. The summed E-state index contributed by atoms with van der Waals surface area (Å²) < 4.78 is 5.67. The SMILES string of the molecule is C[C@H](CCOc1ccccc1)NC(=O)Nc1ccc2ncc(-c3cn[nH]c3)cc2n1. The molecule has 0 aliphatic heterocycles. The van der Waals surface area contributed by atoms with Gasteiger partial charge in [0.05, 0.1) is 23.8 Å². The third-order valence-electron chi connectivity index (χ3n) is 4.55. The van der Waals surface area contributed by atoms with Crippen LogP contribution in [0.4, 0.5) is 10.6 Å². The molecule has 8 heteroatoms. The Labute approximate surface area is 173 Å². The number of rotatable bonds is 7. The summed E-state index contributed by atoms with van der Waals surface area (Å²) in [7, 11) is 0. The smallest absolute Gasteiger partial charge is 0.320 e. The molecule has 0 saturated heterocycles. The van der Waals surface area contributed by atoms with Crippen LogP contribution < -0.4 is 15.4 Å². The molecule has 1 aromatic carbocycles. The number of H-pyrrole nitrogens is 1. The lowest BCUT2D eigenvalue weighted by Gasteiger charge is -2.15. The normalized spacial score (nSPS) is 11.8. The topological polar surface area (TPSA) is 105 Å². The van der Waals surface area contributed by atoms with E-state index < -0.39 is 0 Å². The van der Waals surface area contributed by atoms with Crippen LogP contribution in [0.3, 0.4) is 0 Å². The third kappa shape index (κ3) is 4.91. The molecular formula is C22H22N6O2. The number of anilines is 1. The summed E-state index contributed by atoms with van der Waals surface area (Å²) in [6.07, 6.45) is 5.97. The second-order valence-corrected chi connectivity index (χ2v) is 6.90. The number of hydrogen-bond donors (Lipinski definition) is 3. The molecule has 4 rings (SSSR count). The van der Waals surface area contributed by atoms with E-state index in [9.17, 15) is 4.79 Å². The zero-order valence-corrected chi connectivity index (χ0v) is 16.5. The second kappa shape index (κ2) is 9.04. The Morgan fingerprint density at radius 1 is 1.10 bits per heavy atom. The first-order valence-electron chi connectivity index (χ1n) is 9.69. The Morgan fingerprint density at radius 2 is 1.97 bits per heavy atom. The molecule has 0 spiro atoms. The number of amides is 2. The van der Waals surface area contributed by atoms with Crippen molar-refractivity contribution in [3.63, 3.8) is 0 Å². The maximum Gasteiger partial charge on any atom is 0.320 e. The van der Waals surface area contributed by atoms with Crippen molar-refractivity contribution in [1.82, 2.24) is 25.5 Å². The minimum Gasteiger partial charge on any atom is -0.494 e. The summed E-state index contributed by atoms with van der Waals surface area (Å²) in [5, 5.41) is 12.4. The van der Waals surface area contributed by atoms with E-state index in [4.69, 9.17) is 4.74 Å². The maximum atomic E-state index is 12.3. The highest BCUT2D eigenvalue weighted by molar-refractivity contribution is 5.90. The number of carbonyl (C=O) groups excluding carboxylic acids is 1. The molecular weight excluding hydrogens is 380 g/mol. The Bertz CT molecular complexity index is 1120. The first-order chi connectivity index (χ1) is 14.7. The predicted octanol–water partition coefficient (Wildman–Crippen LogP) is 4.00. The number of carbonyl (C=O) groups is 1. The first-order valence-corrected chi connectivity index (χ1v) is 9.69. The zero-order chi connectivity index (χ0) is 20.8. The van der Waals surface area contributed by atoms with Crippen LogP contribution in [-0.4, -0.2) is 38.8 Å². The third-order valence-corrected chi connectivity index (χ3v) is 4.55. The van der Waals surface area contributed by atoms with E-state index in [2.05, 4.69) is 30.8 Å². The first kappa shape index (κ1) is 19.4. The summed E-state index contributed by atoms with van der Waals surface area (Å²) in [5.74, 6) is 1.27. The molecule has 152 valence electrons. The number of ether oxygens (including phenoxy) is 1. The molecule has 30 heavy (non-hydrogen) atoms. The minimum atomic E-state index is -0.312. The van der Waals surface area contributed by atoms with E-state index in [1.807, 2.05) is 49.4 Å². The van der Waals surface area contributed by atoms with Crippen molar-refractivity contribution in [3.05, 3.63) is 67.1 Å². The molecule has 0 aliphatic carbocycles. The molecule has 0 aliphatic rings. The fourth-order valence-electron chi connectivity index (χ4n) is 2.96. The average Bonchev–Trinajstić information content (AvgIpc) is 3.29. The number of benzene rings is 1. The van der Waals surface area contributed by atoms with Gasteiger partial charge in [-0.2, -0.15) is 5.10 Å². The van der Waals surface area contributed by atoms with E-state index in [0.29, 0.717) is 24.4 Å². The maximum absolute atomic E-state index is 12.3. The van der Waals surface area contributed by atoms with Crippen LogP contribution in [0.1, 0.15) is 13.3 Å². The quantitative estimate of drug-likeness (QED) is 0.433. The van der Waals surface area contributed by atoms with Gasteiger partial charge in [0.15, 0.2) is 0 Å². The van der Waals surface area contributed by atoms with Crippen LogP contribution >= 0.6 is 0 Å². The minimum absolute atomic E-state index is 0.0523. The van der Waals surface area contributed by atoms with Crippen LogP contribution in [0.25, 0.3) is 22.2 Å². The van der Waals surface area contributed by atoms with Crippen LogP contribution in [0.5, 0.6) is 5.75 Å². The predicted molar refractivity (Wildman–Crippen MR) is 115 cm³/mol. The van der Waals surface area contributed by atoms with Crippen molar-refractivity contribution in [2.24, 2.45) is 0 Å². The van der Waals surface area contributed by atoms with Crippen molar-refractivity contribution in [1.29, 1.82) is 0 Å². The molecule has 1 atom stereocenters. The molecule has 3 heterocycles. The van der Waals surface area contributed by atoms with Gasteiger partial charge in [0.2, 0.25) is 0 Å². The molecule has 2 amide bonds. The number of aromatic amines is 1. The summed E-state index contributed by atoms with van der Waals surface area (Å²) in [4.78, 5) is 21.2. The summed E-state index contributed by atoms with van der Waals surface area (Å²) in [6.45, 7) is 2.45. The van der Waals surface area contributed by atoms with Gasteiger partial charge in [-0.1, -0.05) is 18.2 Å². The monoisotopic (exact) mass is 402 g/mol. The Morgan fingerprint density at radius 3 is 2.77 bits per heavy atom. The van der Waals surface area contributed by atoms with Crippen LogP contribution in [0.2, 0.25) is 0 Å². The molecule has 0 unspecified atom stereocenters. The Kier molecular flexibility index (Phi) is 5.84. The molecule has 0 fully saturated rings. The van der Waals surface area contributed by atoms with Gasteiger partial charge in [-0.15, -0.1) is 0 Å². The largest absolute Gasteiger partial charge is 0.494 e. The Hall–Kier alpha value is -3.94. The lowest BCUT2D eigenvalue weighted by Crippen LogP contribution is -2.37. The van der Waals surface area contributed by atoms with Crippen molar-refractivity contribution >= 4 is 22.9 Å². The number of fused-ring (bicyclic) bond motifs is 1. The highest BCUT2D eigenvalue weighted by atomic mass is 16.5. The number of aromatic nitrogens is 4. The average molecular weight is 402 g/mol. The van der Waals surface area contributed by atoms with Gasteiger partial charge in [-0.05, 0) is 37.3 Å². The van der Waals surface area contributed by atoms with E-state index >= 15 is 0 Å². The van der Waals surface area contributed by atoms with Crippen LogP contribution in [0.15, 0.2) is 67.1 Å². The summed E-state index contributed by atoms with van der Waals surface area (Å²) in [5.41, 5.74) is 3.27. The van der Waals surface area contributed by atoms with Gasteiger partial charge in [0.1, 0.15) is 11.6 Å². The van der Waals surface area contributed by atoms with E-state index in [0.717, 1.165) is 22.4 Å². The van der Waals surface area contributed by atoms with Gasteiger partial charge in [0.25, 0.3) is 0 Å². The molecule has 4 aromatic rings. The van der Waals surface area contributed by atoms with Crippen LogP contribution in [0, 0.1) is 0 Å².